The van der Waals surface area contributed by atoms with Gasteiger partial charge in [0.05, 0.1) is 13.0 Å². The number of methoxy groups -OCH3 is 1. The first-order valence-corrected chi connectivity index (χ1v) is 5.71. The third kappa shape index (κ3) is 6.44. The van der Waals surface area contributed by atoms with Crippen LogP contribution in [0.1, 0.15) is 40.5 Å². The van der Waals surface area contributed by atoms with E-state index in [1.165, 1.54) is 7.11 Å². The summed E-state index contributed by atoms with van der Waals surface area (Å²) < 4.78 is 4.70. The zero-order chi connectivity index (χ0) is 12.8. The predicted octanol–water partition coefficient (Wildman–Crippen LogP) is 3.73. The molecule has 0 spiro atoms. The van der Waals surface area contributed by atoms with Crippen LogP contribution in [0.2, 0.25) is 0 Å². The Hall–Kier alpha value is -1.05. The van der Waals surface area contributed by atoms with E-state index in [1.807, 2.05) is 19.9 Å². The molecule has 0 fully saturated rings. The lowest BCUT2D eigenvalue weighted by Crippen LogP contribution is -2.16. The van der Waals surface area contributed by atoms with E-state index in [9.17, 15) is 4.79 Å². The van der Waals surface area contributed by atoms with Crippen molar-refractivity contribution in [3.63, 3.8) is 0 Å². The van der Waals surface area contributed by atoms with E-state index in [0.717, 1.165) is 18.4 Å². The number of carbonyl (C=O) groups excluding carboxylic acids is 1. The van der Waals surface area contributed by atoms with Gasteiger partial charge in [-0.2, -0.15) is 0 Å². The molecule has 0 saturated heterocycles. The molecule has 0 aliphatic rings. The number of allylic oxidation sites excluding steroid dienone is 3. The fraction of sp³-hybridized carbons (Fsp3) is 0.643. The number of carbonyl (C=O) groups is 1. The molecule has 1 unspecified atom stereocenters. The maximum atomic E-state index is 11.2. The van der Waals surface area contributed by atoms with E-state index in [1.54, 1.807) is 0 Å². The molecule has 0 rings (SSSR count). The summed E-state index contributed by atoms with van der Waals surface area (Å²) >= 11 is 0. The first kappa shape index (κ1) is 14.9. The lowest BCUT2D eigenvalue weighted by Gasteiger charge is -2.21. The standard InChI is InChI=1S/C14H24O2/c1-11(2)7-9-14(4,5)10-8-12(3)13(15)16-6/h7,9,12H,1,8,10H2,2-6H3/b9-7+. The summed E-state index contributed by atoms with van der Waals surface area (Å²) in [6.45, 7) is 12.0. The minimum absolute atomic E-state index is 0.0255. The Morgan fingerprint density at radius 1 is 1.50 bits per heavy atom. The molecule has 0 aliphatic heterocycles. The summed E-state index contributed by atoms with van der Waals surface area (Å²) in [4.78, 5) is 11.2. The Kier molecular flexibility index (Phi) is 6.09. The second-order valence-electron chi connectivity index (χ2n) is 5.13. The molecule has 0 bridgehead atoms. The lowest BCUT2D eigenvalue weighted by molar-refractivity contribution is -0.145. The van der Waals surface area contributed by atoms with Crippen molar-refractivity contribution in [3.8, 4) is 0 Å². The number of hydrogen-bond acceptors (Lipinski definition) is 2. The molecule has 0 saturated carbocycles. The highest BCUT2D eigenvalue weighted by molar-refractivity contribution is 5.71. The Balaban J connectivity index is 4.18. The van der Waals surface area contributed by atoms with Crippen molar-refractivity contribution in [2.75, 3.05) is 7.11 Å². The van der Waals surface area contributed by atoms with Gasteiger partial charge in [-0.1, -0.05) is 45.1 Å². The average molecular weight is 224 g/mol. The van der Waals surface area contributed by atoms with Gasteiger partial charge in [-0.3, -0.25) is 4.79 Å². The maximum absolute atomic E-state index is 11.2. The Labute approximate surface area is 99.4 Å². The first-order valence-electron chi connectivity index (χ1n) is 5.71. The quantitative estimate of drug-likeness (QED) is 0.507. The summed E-state index contributed by atoms with van der Waals surface area (Å²) in [7, 11) is 1.44. The number of rotatable bonds is 6. The second kappa shape index (κ2) is 6.51. The predicted molar refractivity (Wildman–Crippen MR) is 68.1 cm³/mol. The fourth-order valence-corrected chi connectivity index (χ4v) is 1.36. The van der Waals surface area contributed by atoms with Gasteiger partial charge in [0.1, 0.15) is 0 Å². The van der Waals surface area contributed by atoms with Crippen molar-refractivity contribution in [1.29, 1.82) is 0 Å². The number of hydrogen-bond donors (Lipinski definition) is 0. The normalized spacial score (nSPS) is 13.8. The SMILES string of the molecule is C=C(C)/C=C/C(C)(C)CCC(C)C(=O)OC. The van der Waals surface area contributed by atoms with Gasteiger partial charge in [-0.15, -0.1) is 0 Å². The highest BCUT2D eigenvalue weighted by atomic mass is 16.5. The van der Waals surface area contributed by atoms with Crippen molar-refractivity contribution >= 4 is 5.97 Å². The summed E-state index contributed by atoms with van der Waals surface area (Å²) in [5.41, 5.74) is 1.15. The van der Waals surface area contributed by atoms with E-state index in [0.29, 0.717) is 0 Å². The average Bonchev–Trinajstić information content (AvgIpc) is 2.22. The summed E-state index contributed by atoms with van der Waals surface area (Å²) in [5, 5.41) is 0. The third-order valence-corrected chi connectivity index (χ3v) is 2.64. The van der Waals surface area contributed by atoms with Crippen LogP contribution in [0.5, 0.6) is 0 Å². The number of esters is 1. The largest absolute Gasteiger partial charge is 0.469 e. The van der Waals surface area contributed by atoms with Crippen LogP contribution < -0.4 is 0 Å². The molecule has 0 heterocycles. The van der Waals surface area contributed by atoms with Crippen LogP contribution in [0.15, 0.2) is 24.3 Å². The van der Waals surface area contributed by atoms with Gasteiger partial charge >= 0.3 is 5.97 Å². The molecule has 0 radical (unpaired) electrons. The fourth-order valence-electron chi connectivity index (χ4n) is 1.36. The molecule has 2 nitrogen and oxygen atoms in total. The molecule has 0 N–H and O–H groups in total. The third-order valence-electron chi connectivity index (χ3n) is 2.64. The smallest absolute Gasteiger partial charge is 0.308 e. The minimum atomic E-state index is -0.125. The second-order valence-corrected chi connectivity index (χ2v) is 5.13. The molecular weight excluding hydrogens is 200 g/mol. The molecular formula is C14H24O2. The van der Waals surface area contributed by atoms with Crippen molar-refractivity contribution in [2.45, 2.75) is 40.5 Å². The zero-order valence-corrected chi connectivity index (χ0v) is 11.2. The van der Waals surface area contributed by atoms with E-state index < -0.39 is 0 Å². The van der Waals surface area contributed by atoms with Crippen LogP contribution in [0, 0.1) is 11.3 Å². The molecule has 92 valence electrons. The number of ether oxygens (including phenoxy) is 1. The molecule has 0 aliphatic carbocycles. The van der Waals surface area contributed by atoms with Crippen LogP contribution in [0.25, 0.3) is 0 Å². The van der Waals surface area contributed by atoms with Crippen molar-refractivity contribution < 1.29 is 9.53 Å². The maximum Gasteiger partial charge on any atom is 0.308 e. The van der Waals surface area contributed by atoms with Gasteiger partial charge < -0.3 is 4.74 Å². The van der Waals surface area contributed by atoms with Crippen molar-refractivity contribution in [1.82, 2.24) is 0 Å². The highest BCUT2D eigenvalue weighted by Gasteiger charge is 2.19. The van der Waals surface area contributed by atoms with Gasteiger partial charge in [-0.25, -0.2) is 0 Å². The van der Waals surface area contributed by atoms with Gasteiger partial charge in [0, 0.05) is 0 Å². The lowest BCUT2D eigenvalue weighted by atomic mass is 9.84. The van der Waals surface area contributed by atoms with Crippen LogP contribution in [-0.4, -0.2) is 13.1 Å². The minimum Gasteiger partial charge on any atom is -0.469 e. The molecule has 1 atom stereocenters. The molecule has 2 heteroatoms. The van der Waals surface area contributed by atoms with E-state index in [4.69, 9.17) is 4.74 Å². The highest BCUT2D eigenvalue weighted by Crippen LogP contribution is 2.27. The molecule has 0 amide bonds. The van der Waals surface area contributed by atoms with Crippen LogP contribution in [0.4, 0.5) is 0 Å². The zero-order valence-electron chi connectivity index (χ0n) is 11.2. The Bertz CT molecular complexity index is 274. The van der Waals surface area contributed by atoms with Gasteiger partial charge in [-0.05, 0) is 25.2 Å². The Morgan fingerprint density at radius 3 is 2.50 bits per heavy atom. The van der Waals surface area contributed by atoms with Gasteiger partial charge in [0.2, 0.25) is 0 Å². The van der Waals surface area contributed by atoms with Crippen molar-refractivity contribution in [3.05, 3.63) is 24.3 Å². The van der Waals surface area contributed by atoms with E-state index >= 15 is 0 Å². The van der Waals surface area contributed by atoms with Crippen LogP contribution >= 0.6 is 0 Å². The Morgan fingerprint density at radius 2 is 2.06 bits per heavy atom. The summed E-state index contributed by atoms with van der Waals surface area (Å²) in [5.74, 6) is -0.151. The first-order chi connectivity index (χ1) is 7.28. The van der Waals surface area contributed by atoms with Crippen LogP contribution in [-0.2, 0) is 9.53 Å². The molecule has 0 aromatic carbocycles. The molecule has 0 aromatic rings. The topological polar surface area (TPSA) is 26.3 Å². The molecule has 0 aromatic heterocycles. The van der Waals surface area contributed by atoms with Crippen LogP contribution in [0.3, 0.4) is 0 Å². The van der Waals surface area contributed by atoms with Gasteiger partial charge in [0.15, 0.2) is 0 Å². The molecule has 16 heavy (non-hydrogen) atoms. The summed E-state index contributed by atoms with van der Waals surface area (Å²) in [6.07, 6.45) is 6.00. The van der Waals surface area contributed by atoms with E-state index in [2.05, 4.69) is 26.5 Å². The van der Waals surface area contributed by atoms with E-state index in [-0.39, 0.29) is 17.3 Å². The van der Waals surface area contributed by atoms with Crippen molar-refractivity contribution in [2.24, 2.45) is 11.3 Å². The van der Waals surface area contributed by atoms with Gasteiger partial charge in [0.25, 0.3) is 0 Å². The monoisotopic (exact) mass is 224 g/mol. The summed E-state index contributed by atoms with van der Waals surface area (Å²) in [6, 6.07) is 0.